The van der Waals surface area contributed by atoms with Crippen molar-refractivity contribution in [2.45, 2.75) is 59.4 Å². The van der Waals surface area contributed by atoms with Gasteiger partial charge in [-0.2, -0.15) is 0 Å². The number of rotatable bonds is 4. The Labute approximate surface area is 123 Å². The molecule has 0 aliphatic heterocycles. The third-order valence-electron chi connectivity index (χ3n) is 4.50. The van der Waals surface area contributed by atoms with E-state index in [9.17, 15) is 0 Å². The highest BCUT2D eigenvalue weighted by molar-refractivity contribution is 5.56. The van der Waals surface area contributed by atoms with Crippen LogP contribution in [0.2, 0.25) is 0 Å². The highest BCUT2D eigenvalue weighted by Gasteiger charge is 2.29. The molecular formula is C18H29NO. The molecule has 0 saturated heterocycles. The summed E-state index contributed by atoms with van der Waals surface area (Å²) in [6.45, 7) is 9.86. The van der Waals surface area contributed by atoms with Gasteiger partial charge in [-0.3, -0.25) is 0 Å². The van der Waals surface area contributed by atoms with Crippen molar-refractivity contribution in [3.05, 3.63) is 24.3 Å². The summed E-state index contributed by atoms with van der Waals surface area (Å²) in [5.74, 6) is 1.84. The Kier molecular flexibility index (Phi) is 4.95. The van der Waals surface area contributed by atoms with E-state index in [4.69, 9.17) is 4.74 Å². The predicted octanol–water partition coefficient (Wildman–Crippen LogP) is 5.10. The molecule has 112 valence electrons. The largest absolute Gasteiger partial charge is 0.492 e. The van der Waals surface area contributed by atoms with Gasteiger partial charge in [-0.05, 0) is 56.1 Å². The van der Waals surface area contributed by atoms with Gasteiger partial charge in [0.05, 0.1) is 12.3 Å². The zero-order valence-corrected chi connectivity index (χ0v) is 13.4. The van der Waals surface area contributed by atoms with Gasteiger partial charge in [0.2, 0.25) is 0 Å². The van der Waals surface area contributed by atoms with Crippen LogP contribution >= 0.6 is 0 Å². The van der Waals surface area contributed by atoms with Crippen LogP contribution in [0.4, 0.5) is 5.69 Å². The Morgan fingerprint density at radius 3 is 2.35 bits per heavy atom. The molecule has 2 nitrogen and oxygen atoms in total. The minimum Gasteiger partial charge on any atom is -0.492 e. The maximum Gasteiger partial charge on any atom is 0.142 e. The lowest BCUT2D eigenvalue weighted by atomic mass is 9.71. The topological polar surface area (TPSA) is 21.3 Å². The molecule has 1 saturated carbocycles. The number of ether oxygens (including phenoxy) is 1. The third-order valence-corrected chi connectivity index (χ3v) is 4.50. The number of hydrogen-bond acceptors (Lipinski definition) is 2. The monoisotopic (exact) mass is 275 g/mol. The van der Waals surface area contributed by atoms with Gasteiger partial charge in [0.25, 0.3) is 0 Å². The van der Waals surface area contributed by atoms with Crippen LogP contribution in [-0.4, -0.2) is 12.6 Å². The molecule has 0 atom stereocenters. The molecular weight excluding hydrogens is 246 g/mol. The van der Waals surface area contributed by atoms with Gasteiger partial charge in [-0.15, -0.1) is 0 Å². The lowest BCUT2D eigenvalue weighted by Crippen LogP contribution is -2.31. The molecule has 0 radical (unpaired) electrons. The molecule has 0 amide bonds. The average molecular weight is 275 g/mol. The molecule has 2 heteroatoms. The second kappa shape index (κ2) is 6.51. The molecule has 0 heterocycles. The Morgan fingerprint density at radius 1 is 1.10 bits per heavy atom. The zero-order chi connectivity index (χ0) is 14.6. The van der Waals surface area contributed by atoms with Gasteiger partial charge in [0, 0.05) is 6.04 Å². The van der Waals surface area contributed by atoms with E-state index in [-0.39, 0.29) is 0 Å². The molecule has 1 aromatic rings. The summed E-state index contributed by atoms with van der Waals surface area (Å²) < 4.78 is 5.69. The summed E-state index contributed by atoms with van der Waals surface area (Å²) >= 11 is 0. The minimum absolute atomic E-state index is 0.453. The Balaban J connectivity index is 1.93. The molecule has 0 spiro atoms. The molecule has 2 rings (SSSR count). The van der Waals surface area contributed by atoms with Gasteiger partial charge in [-0.1, -0.05) is 32.9 Å². The molecule has 1 N–H and O–H groups in total. The van der Waals surface area contributed by atoms with Crippen LogP contribution in [0.3, 0.4) is 0 Å². The summed E-state index contributed by atoms with van der Waals surface area (Å²) in [5, 5.41) is 3.68. The molecule has 0 unspecified atom stereocenters. The van der Waals surface area contributed by atoms with Crippen LogP contribution in [-0.2, 0) is 0 Å². The predicted molar refractivity (Wildman–Crippen MR) is 86.4 cm³/mol. The number of benzene rings is 1. The minimum atomic E-state index is 0.453. The lowest BCUT2D eigenvalue weighted by Gasteiger charge is -2.37. The SMILES string of the molecule is CCOc1ccccc1NC1CCC(C(C)(C)C)CC1. The standard InChI is InChI=1S/C18H29NO/c1-5-20-17-9-7-6-8-16(17)19-15-12-10-14(11-13-15)18(2,3)4/h6-9,14-15,19H,5,10-13H2,1-4H3. The summed E-state index contributed by atoms with van der Waals surface area (Å²) in [4.78, 5) is 0. The van der Waals surface area contributed by atoms with Crippen molar-refractivity contribution in [2.75, 3.05) is 11.9 Å². The first-order valence-corrected chi connectivity index (χ1v) is 7.99. The second-order valence-corrected chi connectivity index (χ2v) is 6.99. The molecule has 1 aliphatic carbocycles. The Morgan fingerprint density at radius 2 is 1.75 bits per heavy atom. The van der Waals surface area contributed by atoms with Gasteiger partial charge in [0.15, 0.2) is 0 Å². The van der Waals surface area contributed by atoms with E-state index < -0.39 is 0 Å². The van der Waals surface area contributed by atoms with Crippen LogP contribution in [0.25, 0.3) is 0 Å². The van der Waals surface area contributed by atoms with E-state index in [0.29, 0.717) is 11.5 Å². The van der Waals surface area contributed by atoms with Gasteiger partial charge in [0.1, 0.15) is 5.75 Å². The molecule has 1 fully saturated rings. The highest BCUT2D eigenvalue weighted by Crippen LogP contribution is 2.39. The Bertz CT molecular complexity index is 414. The fraction of sp³-hybridized carbons (Fsp3) is 0.667. The normalized spacial score (nSPS) is 23.4. The lowest BCUT2D eigenvalue weighted by molar-refractivity contribution is 0.173. The molecule has 0 aromatic heterocycles. The van der Waals surface area contributed by atoms with Crippen LogP contribution < -0.4 is 10.1 Å². The molecule has 20 heavy (non-hydrogen) atoms. The second-order valence-electron chi connectivity index (χ2n) is 6.99. The first-order valence-electron chi connectivity index (χ1n) is 7.99. The zero-order valence-electron chi connectivity index (χ0n) is 13.4. The summed E-state index contributed by atoms with van der Waals surface area (Å²) in [5.41, 5.74) is 1.60. The summed E-state index contributed by atoms with van der Waals surface area (Å²) in [6.07, 6.45) is 5.20. The van der Waals surface area contributed by atoms with E-state index in [1.165, 1.54) is 25.7 Å². The first-order chi connectivity index (χ1) is 9.50. The van der Waals surface area contributed by atoms with E-state index >= 15 is 0 Å². The van der Waals surface area contributed by atoms with Crippen molar-refractivity contribution in [1.82, 2.24) is 0 Å². The van der Waals surface area contributed by atoms with Crippen molar-refractivity contribution < 1.29 is 4.74 Å². The van der Waals surface area contributed by atoms with Gasteiger partial charge < -0.3 is 10.1 Å². The van der Waals surface area contributed by atoms with Crippen molar-refractivity contribution in [1.29, 1.82) is 0 Å². The molecule has 1 aromatic carbocycles. The van der Waals surface area contributed by atoms with Crippen LogP contribution in [0.15, 0.2) is 24.3 Å². The summed E-state index contributed by atoms with van der Waals surface area (Å²) in [6, 6.07) is 8.88. The van der Waals surface area contributed by atoms with E-state index in [2.05, 4.69) is 38.2 Å². The number of anilines is 1. The van der Waals surface area contributed by atoms with Gasteiger partial charge in [-0.25, -0.2) is 0 Å². The smallest absolute Gasteiger partial charge is 0.142 e. The van der Waals surface area contributed by atoms with Crippen molar-refractivity contribution >= 4 is 5.69 Å². The van der Waals surface area contributed by atoms with E-state index in [1.54, 1.807) is 0 Å². The van der Waals surface area contributed by atoms with Crippen molar-refractivity contribution in [2.24, 2.45) is 11.3 Å². The van der Waals surface area contributed by atoms with Crippen molar-refractivity contribution in [3.63, 3.8) is 0 Å². The van der Waals surface area contributed by atoms with E-state index in [1.807, 2.05) is 19.1 Å². The average Bonchev–Trinajstić information content (AvgIpc) is 2.41. The maximum absolute atomic E-state index is 5.69. The summed E-state index contributed by atoms with van der Waals surface area (Å²) in [7, 11) is 0. The highest BCUT2D eigenvalue weighted by atomic mass is 16.5. The number of nitrogens with one attached hydrogen (secondary N) is 1. The van der Waals surface area contributed by atoms with Crippen LogP contribution in [0.1, 0.15) is 53.4 Å². The fourth-order valence-electron chi connectivity index (χ4n) is 3.19. The first kappa shape index (κ1) is 15.2. The van der Waals surface area contributed by atoms with E-state index in [0.717, 1.165) is 24.0 Å². The molecule has 0 bridgehead atoms. The molecule has 1 aliphatic rings. The Hall–Kier alpha value is -1.18. The van der Waals surface area contributed by atoms with Crippen molar-refractivity contribution in [3.8, 4) is 5.75 Å². The number of para-hydroxylation sites is 2. The fourth-order valence-corrected chi connectivity index (χ4v) is 3.19. The maximum atomic E-state index is 5.69. The quantitative estimate of drug-likeness (QED) is 0.825. The third kappa shape index (κ3) is 3.91. The van der Waals surface area contributed by atoms with Crippen LogP contribution in [0, 0.1) is 11.3 Å². The van der Waals surface area contributed by atoms with Crippen LogP contribution in [0.5, 0.6) is 5.75 Å². The number of hydrogen-bond donors (Lipinski definition) is 1. The van der Waals surface area contributed by atoms with Gasteiger partial charge >= 0.3 is 0 Å².